The lowest BCUT2D eigenvalue weighted by molar-refractivity contribution is -0.112. The van der Waals surface area contributed by atoms with Crippen LogP contribution in [0.15, 0.2) is 42.0 Å². The zero-order valence-corrected chi connectivity index (χ0v) is 16.6. The molecule has 5 nitrogen and oxygen atoms in total. The number of nitrogens with one attached hydrogen (secondary N) is 1. The number of aryl methyl sites for hydroxylation is 3. The first kappa shape index (κ1) is 19.7. The fraction of sp³-hybridized carbons (Fsp3) is 0.304. The van der Waals surface area contributed by atoms with Crippen molar-refractivity contribution in [1.82, 2.24) is 0 Å². The van der Waals surface area contributed by atoms with Crippen LogP contribution in [0.5, 0.6) is 0 Å². The molecule has 1 amide bonds. The van der Waals surface area contributed by atoms with Crippen molar-refractivity contribution in [2.24, 2.45) is 0 Å². The summed E-state index contributed by atoms with van der Waals surface area (Å²) in [6.45, 7) is 9.24. The topological polar surface area (TPSA) is 65.4 Å². The molecule has 3 rings (SSSR count). The summed E-state index contributed by atoms with van der Waals surface area (Å²) in [7, 11) is 0. The van der Waals surface area contributed by atoms with Gasteiger partial charge >= 0.3 is 0 Å². The number of morpholine rings is 1. The highest BCUT2D eigenvalue weighted by molar-refractivity contribution is 6.09. The highest BCUT2D eigenvalue weighted by Crippen LogP contribution is 2.21. The number of amides is 1. The van der Waals surface area contributed by atoms with Gasteiger partial charge < -0.3 is 15.0 Å². The van der Waals surface area contributed by atoms with Crippen LogP contribution in [-0.2, 0) is 9.53 Å². The van der Waals surface area contributed by atoms with Crippen LogP contribution in [-0.4, -0.2) is 32.2 Å². The van der Waals surface area contributed by atoms with Gasteiger partial charge in [-0.1, -0.05) is 12.1 Å². The summed E-state index contributed by atoms with van der Waals surface area (Å²) in [5.41, 5.74) is 6.11. The summed E-state index contributed by atoms with van der Waals surface area (Å²) in [5.74, 6) is -0.403. The predicted octanol–water partition coefficient (Wildman–Crippen LogP) is 3.99. The van der Waals surface area contributed by atoms with Gasteiger partial charge in [-0.3, -0.25) is 4.79 Å². The number of carbonyl (C=O) groups excluding carboxylic acids is 1. The van der Waals surface area contributed by atoms with E-state index in [2.05, 4.69) is 16.3 Å². The molecule has 144 valence electrons. The Hall–Kier alpha value is -3.10. The maximum absolute atomic E-state index is 12.6. The minimum absolute atomic E-state index is 0.0867. The van der Waals surface area contributed by atoms with E-state index < -0.39 is 5.91 Å². The van der Waals surface area contributed by atoms with Crippen LogP contribution in [0.3, 0.4) is 0 Å². The molecule has 1 heterocycles. The minimum atomic E-state index is -0.403. The molecule has 1 aliphatic rings. The average Bonchev–Trinajstić information content (AvgIpc) is 2.71. The molecule has 0 radical (unpaired) electrons. The number of hydrogen-bond acceptors (Lipinski definition) is 4. The number of carbonyl (C=O) groups is 1. The standard InChI is InChI=1S/C23H25N3O2/c1-16-12-18(3)19(13-17(16)2)14-20(15-24)23(27)25-21-4-6-22(7-5-21)26-8-10-28-11-9-26/h4-7,12-14H,8-11H2,1-3H3,(H,25,27)/b20-14+. The van der Waals surface area contributed by atoms with Crippen molar-refractivity contribution in [3.63, 3.8) is 0 Å². The normalized spacial score (nSPS) is 14.5. The number of hydrogen-bond donors (Lipinski definition) is 1. The van der Waals surface area contributed by atoms with Gasteiger partial charge in [0.2, 0.25) is 0 Å². The van der Waals surface area contributed by atoms with Gasteiger partial charge in [-0.15, -0.1) is 0 Å². The van der Waals surface area contributed by atoms with Gasteiger partial charge in [-0.2, -0.15) is 5.26 Å². The number of anilines is 2. The van der Waals surface area contributed by atoms with Crippen LogP contribution < -0.4 is 10.2 Å². The van der Waals surface area contributed by atoms with E-state index in [9.17, 15) is 10.1 Å². The molecule has 2 aromatic carbocycles. The SMILES string of the molecule is Cc1cc(C)c(/C=C(\C#N)C(=O)Nc2ccc(N3CCOCC3)cc2)cc1C. The van der Waals surface area contributed by atoms with Crippen molar-refractivity contribution in [2.45, 2.75) is 20.8 Å². The molecule has 1 aliphatic heterocycles. The van der Waals surface area contributed by atoms with Crippen molar-refractivity contribution >= 4 is 23.4 Å². The molecule has 2 aromatic rings. The van der Waals surface area contributed by atoms with Crippen LogP contribution in [0.2, 0.25) is 0 Å². The maximum Gasteiger partial charge on any atom is 0.266 e. The first-order valence-corrected chi connectivity index (χ1v) is 9.41. The van der Waals surface area contributed by atoms with Crippen LogP contribution in [0.4, 0.5) is 11.4 Å². The van der Waals surface area contributed by atoms with Crippen molar-refractivity contribution in [1.29, 1.82) is 5.26 Å². The van der Waals surface area contributed by atoms with Crippen molar-refractivity contribution < 1.29 is 9.53 Å². The van der Waals surface area contributed by atoms with E-state index in [4.69, 9.17) is 4.74 Å². The van der Waals surface area contributed by atoms with Crippen LogP contribution in [0.25, 0.3) is 6.08 Å². The van der Waals surface area contributed by atoms with Crippen molar-refractivity contribution in [3.8, 4) is 6.07 Å². The third-order valence-electron chi connectivity index (χ3n) is 5.05. The maximum atomic E-state index is 12.6. The Balaban J connectivity index is 1.73. The molecule has 0 saturated carbocycles. The fourth-order valence-electron chi connectivity index (χ4n) is 3.22. The van der Waals surface area contributed by atoms with Gasteiger partial charge in [0.1, 0.15) is 11.6 Å². The average molecular weight is 375 g/mol. The van der Waals surface area contributed by atoms with E-state index in [-0.39, 0.29) is 5.57 Å². The highest BCUT2D eigenvalue weighted by atomic mass is 16.5. The minimum Gasteiger partial charge on any atom is -0.378 e. The Morgan fingerprint density at radius 2 is 1.71 bits per heavy atom. The number of benzene rings is 2. The van der Waals surface area contributed by atoms with E-state index in [0.29, 0.717) is 5.69 Å². The lowest BCUT2D eigenvalue weighted by Gasteiger charge is -2.28. The van der Waals surface area contributed by atoms with Gasteiger partial charge in [0.25, 0.3) is 5.91 Å². The monoisotopic (exact) mass is 375 g/mol. The number of nitrogens with zero attached hydrogens (tertiary/aromatic N) is 2. The second-order valence-electron chi connectivity index (χ2n) is 7.06. The Bertz CT molecular complexity index is 934. The molecule has 28 heavy (non-hydrogen) atoms. The molecule has 1 N–H and O–H groups in total. The molecule has 0 aliphatic carbocycles. The van der Waals surface area contributed by atoms with E-state index in [1.165, 1.54) is 5.56 Å². The molecule has 0 unspecified atom stereocenters. The summed E-state index contributed by atoms with van der Waals surface area (Å²) >= 11 is 0. The highest BCUT2D eigenvalue weighted by Gasteiger charge is 2.13. The van der Waals surface area contributed by atoms with E-state index >= 15 is 0 Å². The molecular weight excluding hydrogens is 350 g/mol. The molecular formula is C23H25N3O2. The first-order valence-electron chi connectivity index (χ1n) is 9.41. The molecule has 0 aromatic heterocycles. The number of rotatable bonds is 4. The first-order chi connectivity index (χ1) is 13.5. The van der Waals surface area contributed by atoms with Gasteiger partial charge in [0.05, 0.1) is 13.2 Å². The summed E-state index contributed by atoms with van der Waals surface area (Å²) in [5, 5.41) is 12.3. The van der Waals surface area contributed by atoms with E-state index in [1.807, 2.05) is 57.2 Å². The van der Waals surface area contributed by atoms with E-state index in [0.717, 1.165) is 48.7 Å². The second kappa shape index (κ2) is 8.73. The molecule has 0 spiro atoms. The largest absolute Gasteiger partial charge is 0.378 e. The number of nitriles is 1. The number of ether oxygens (including phenoxy) is 1. The molecule has 0 atom stereocenters. The summed E-state index contributed by atoms with van der Waals surface area (Å²) in [4.78, 5) is 14.8. The Morgan fingerprint density at radius 1 is 1.07 bits per heavy atom. The van der Waals surface area contributed by atoms with Crippen LogP contribution in [0, 0.1) is 32.1 Å². The lowest BCUT2D eigenvalue weighted by Crippen LogP contribution is -2.36. The predicted molar refractivity (Wildman–Crippen MR) is 112 cm³/mol. The summed E-state index contributed by atoms with van der Waals surface area (Å²) < 4.78 is 5.37. The summed E-state index contributed by atoms with van der Waals surface area (Å²) in [6.07, 6.45) is 1.65. The van der Waals surface area contributed by atoms with Gasteiger partial charge in [0, 0.05) is 24.5 Å². The molecule has 5 heteroatoms. The smallest absolute Gasteiger partial charge is 0.266 e. The molecule has 1 saturated heterocycles. The quantitative estimate of drug-likeness (QED) is 0.648. The Labute approximate surface area is 166 Å². The van der Waals surface area contributed by atoms with Gasteiger partial charge in [-0.05, 0) is 73.4 Å². The third-order valence-corrected chi connectivity index (χ3v) is 5.05. The van der Waals surface area contributed by atoms with Crippen LogP contribution >= 0.6 is 0 Å². The van der Waals surface area contributed by atoms with Crippen LogP contribution in [0.1, 0.15) is 22.3 Å². The second-order valence-corrected chi connectivity index (χ2v) is 7.06. The zero-order chi connectivity index (χ0) is 20.1. The fourth-order valence-corrected chi connectivity index (χ4v) is 3.22. The van der Waals surface area contributed by atoms with Gasteiger partial charge in [-0.25, -0.2) is 0 Å². The van der Waals surface area contributed by atoms with Crippen molar-refractivity contribution in [2.75, 3.05) is 36.5 Å². The third kappa shape index (κ3) is 4.59. The van der Waals surface area contributed by atoms with E-state index in [1.54, 1.807) is 6.08 Å². The lowest BCUT2D eigenvalue weighted by atomic mass is 9.99. The summed E-state index contributed by atoms with van der Waals surface area (Å²) in [6, 6.07) is 13.8. The Kier molecular flexibility index (Phi) is 6.13. The van der Waals surface area contributed by atoms with Crippen molar-refractivity contribution in [3.05, 3.63) is 64.2 Å². The van der Waals surface area contributed by atoms with Gasteiger partial charge in [0.15, 0.2) is 0 Å². The molecule has 1 fully saturated rings. The Morgan fingerprint density at radius 3 is 2.36 bits per heavy atom. The molecule has 0 bridgehead atoms. The zero-order valence-electron chi connectivity index (χ0n) is 16.6.